The van der Waals surface area contributed by atoms with E-state index in [4.69, 9.17) is 9.47 Å². The molecule has 0 aliphatic carbocycles. The second-order valence-corrected chi connectivity index (χ2v) is 5.74. The third-order valence-electron chi connectivity index (χ3n) is 3.63. The molecule has 2 aromatic rings. The molecule has 0 heterocycles. The number of halogens is 1. The predicted octanol–water partition coefficient (Wildman–Crippen LogP) is 2.52. The molecule has 2 rings (SSSR count). The number of esters is 1. The molecule has 0 aliphatic heterocycles. The Kier molecular flexibility index (Phi) is 7.50. The first-order chi connectivity index (χ1) is 13.4. The molecule has 148 valence electrons. The van der Waals surface area contributed by atoms with E-state index in [1.165, 1.54) is 25.1 Å². The zero-order valence-electron chi connectivity index (χ0n) is 15.5. The molecule has 0 radical (unpaired) electrons. The molecule has 0 bridgehead atoms. The maximum atomic E-state index is 13.5. The molecule has 1 atom stereocenters. The van der Waals surface area contributed by atoms with Crippen molar-refractivity contribution in [1.29, 1.82) is 0 Å². The number of hydrogen-bond acceptors (Lipinski definition) is 5. The van der Waals surface area contributed by atoms with Crippen LogP contribution in [0.4, 0.5) is 10.1 Å². The summed E-state index contributed by atoms with van der Waals surface area (Å²) in [5, 5.41) is 4.74. The van der Waals surface area contributed by atoms with Crippen molar-refractivity contribution in [3.05, 3.63) is 59.9 Å². The fourth-order valence-corrected chi connectivity index (χ4v) is 2.21. The second kappa shape index (κ2) is 10.1. The van der Waals surface area contributed by atoms with Crippen LogP contribution in [0.5, 0.6) is 5.75 Å². The minimum Gasteiger partial charge on any atom is -0.494 e. The van der Waals surface area contributed by atoms with Crippen molar-refractivity contribution in [2.45, 2.75) is 20.0 Å². The molecule has 0 saturated carbocycles. The molecule has 8 heteroatoms. The van der Waals surface area contributed by atoms with E-state index < -0.39 is 36.2 Å². The number of ether oxygens (including phenoxy) is 2. The van der Waals surface area contributed by atoms with E-state index in [1.807, 2.05) is 6.92 Å². The molecule has 7 nitrogen and oxygen atoms in total. The zero-order chi connectivity index (χ0) is 20.5. The van der Waals surface area contributed by atoms with E-state index in [9.17, 15) is 18.8 Å². The summed E-state index contributed by atoms with van der Waals surface area (Å²) in [6, 6.07) is 12.1. The van der Waals surface area contributed by atoms with Gasteiger partial charge in [0.1, 0.15) is 18.1 Å². The summed E-state index contributed by atoms with van der Waals surface area (Å²) in [6.07, 6.45) is -1.16. The van der Waals surface area contributed by atoms with E-state index in [2.05, 4.69) is 10.6 Å². The molecule has 2 amide bonds. The third kappa shape index (κ3) is 6.08. The molecule has 0 unspecified atom stereocenters. The van der Waals surface area contributed by atoms with Crippen molar-refractivity contribution in [2.24, 2.45) is 0 Å². The Labute approximate surface area is 161 Å². The summed E-state index contributed by atoms with van der Waals surface area (Å²) in [5.41, 5.74) is 0.334. The van der Waals surface area contributed by atoms with Crippen LogP contribution in [0.3, 0.4) is 0 Å². The van der Waals surface area contributed by atoms with E-state index >= 15 is 0 Å². The van der Waals surface area contributed by atoms with E-state index in [0.29, 0.717) is 17.9 Å². The Morgan fingerprint density at radius 2 is 1.75 bits per heavy atom. The van der Waals surface area contributed by atoms with Gasteiger partial charge in [0.25, 0.3) is 11.8 Å². The number of anilines is 1. The minimum absolute atomic E-state index is 0.0146. The fourth-order valence-electron chi connectivity index (χ4n) is 2.21. The van der Waals surface area contributed by atoms with Crippen LogP contribution in [-0.4, -0.2) is 37.0 Å². The van der Waals surface area contributed by atoms with Crippen LogP contribution in [0, 0.1) is 5.82 Å². The molecule has 28 heavy (non-hydrogen) atoms. The first-order valence-corrected chi connectivity index (χ1v) is 8.66. The highest BCUT2D eigenvalue weighted by Gasteiger charge is 2.19. The third-order valence-corrected chi connectivity index (χ3v) is 3.63. The highest BCUT2D eigenvalue weighted by molar-refractivity contribution is 5.97. The van der Waals surface area contributed by atoms with Gasteiger partial charge in [0.2, 0.25) is 0 Å². The van der Waals surface area contributed by atoms with Crippen molar-refractivity contribution < 1.29 is 28.2 Å². The monoisotopic (exact) mass is 388 g/mol. The number of amides is 2. The maximum absolute atomic E-state index is 13.5. The molecule has 0 aromatic heterocycles. The lowest BCUT2D eigenvalue weighted by atomic mass is 10.2. The lowest BCUT2D eigenvalue weighted by Gasteiger charge is -2.14. The lowest BCUT2D eigenvalue weighted by Crippen LogP contribution is -2.36. The van der Waals surface area contributed by atoms with Crippen LogP contribution in [-0.2, 0) is 14.3 Å². The molecular formula is C20H21FN2O5. The predicted molar refractivity (Wildman–Crippen MR) is 101 cm³/mol. The number of rotatable bonds is 8. The normalized spacial score (nSPS) is 11.2. The second-order valence-electron chi connectivity index (χ2n) is 5.74. The average molecular weight is 388 g/mol. The van der Waals surface area contributed by atoms with Gasteiger partial charge in [-0.3, -0.25) is 14.4 Å². The number of nitrogens with one attached hydrogen (secondary N) is 2. The summed E-state index contributed by atoms with van der Waals surface area (Å²) >= 11 is 0. The number of benzene rings is 2. The van der Waals surface area contributed by atoms with Gasteiger partial charge in [0.15, 0.2) is 6.10 Å². The first kappa shape index (κ1) is 20.9. The SMILES string of the molecule is CCOc1ccc(C(=O)NCC(=O)O[C@@H](C)C(=O)Nc2ccccc2F)cc1. The van der Waals surface area contributed by atoms with E-state index in [-0.39, 0.29) is 5.69 Å². The number of carbonyl (C=O) groups excluding carboxylic acids is 3. The van der Waals surface area contributed by atoms with Gasteiger partial charge >= 0.3 is 5.97 Å². The van der Waals surface area contributed by atoms with Crippen LogP contribution in [0.25, 0.3) is 0 Å². The van der Waals surface area contributed by atoms with Gasteiger partial charge in [0.05, 0.1) is 12.3 Å². The summed E-state index contributed by atoms with van der Waals surface area (Å²) in [6.45, 7) is 3.30. The molecular weight excluding hydrogens is 367 g/mol. The van der Waals surface area contributed by atoms with Gasteiger partial charge in [-0.05, 0) is 50.2 Å². The Hall–Kier alpha value is -3.42. The first-order valence-electron chi connectivity index (χ1n) is 8.66. The maximum Gasteiger partial charge on any atom is 0.326 e. The van der Waals surface area contributed by atoms with Gasteiger partial charge in [-0.25, -0.2) is 4.39 Å². The number of carbonyl (C=O) groups is 3. The Morgan fingerprint density at radius 3 is 2.39 bits per heavy atom. The van der Waals surface area contributed by atoms with Gasteiger partial charge in [-0.2, -0.15) is 0 Å². The topological polar surface area (TPSA) is 93.7 Å². The fraction of sp³-hybridized carbons (Fsp3) is 0.250. The average Bonchev–Trinajstić information content (AvgIpc) is 2.68. The summed E-state index contributed by atoms with van der Waals surface area (Å²) < 4.78 is 23.8. The van der Waals surface area contributed by atoms with Crippen LogP contribution >= 0.6 is 0 Å². The van der Waals surface area contributed by atoms with Gasteiger partial charge in [-0.15, -0.1) is 0 Å². The highest BCUT2D eigenvalue weighted by atomic mass is 19.1. The Balaban J connectivity index is 1.80. The van der Waals surface area contributed by atoms with Crippen molar-refractivity contribution >= 4 is 23.5 Å². The zero-order valence-corrected chi connectivity index (χ0v) is 15.5. The van der Waals surface area contributed by atoms with E-state index in [1.54, 1.807) is 30.3 Å². The van der Waals surface area contributed by atoms with Crippen molar-refractivity contribution in [2.75, 3.05) is 18.5 Å². The van der Waals surface area contributed by atoms with Crippen LogP contribution in [0.2, 0.25) is 0 Å². The number of hydrogen-bond donors (Lipinski definition) is 2. The number of para-hydroxylation sites is 1. The largest absolute Gasteiger partial charge is 0.494 e. The molecule has 2 N–H and O–H groups in total. The molecule has 0 aliphatic rings. The van der Waals surface area contributed by atoms with Gasteiger partial charge in [-0.1, -0.05) is 12.1 Å². The van der Waals surface area contributed by atoms with Gasteiger partial charge < -0.3 is 20.1 Å². The van der Waals surface area contributed by atoms with Crippen LogP contribution < -0.4 is 15.4 Å². The Bertz CT molecular complexity index is 839. The van der Waals surface area contributed by atoms with Crippen LogP contribution in [0.15, 0.2) is 48.5 Å². The smallest absolute Gasteiger partial charge is 0.326 e. The minimum atomic E-state index is -1.16. The van der Waals surface area contributed by atoms with Gasteiger partial charge in [0, 0.05) is 5.56 Å². The summed E-state index contributed by atoms with van der Waals surface area (Å²) in [5.74, 6) is -1.92. The van der Waals surface area contributed by atoms with Crippen molar-refractivity contribution in [3.8, 4) is 5.75 Å². The summed E-state index contributed by atoms with van der Waals surface area (Å²) in [4.78, 5) is 35.9. The molecule has 0 fully saturated rings. The van der Waals surface area contributed by atoms with Crippen LogP contribution in [0.1, 0.15) is 24.2 Å². The Morgan fingerprint density at radius 1 is 1.07 bits per heavy atom. The molecule has 2 aromatic carbocycles. The van der Waals surface area contributed by atoms with E-state index in [0.717, 1.165) is 0 Å². The standard InChI is InChI=1S/C20H21FN2O5/c1-3-27-15-10-8-14(9-11-15)20(26)22-12-18(24)28-13(2)19(25)23-17-7-5-4-6-16(17)21/h4-11,13H,3,12H2,1-2H3,(H,22,26)(H,23,25)/t13-/m0/s1. The van der Waals surface area contributed by atoms with Crippen molar-refractivity contribution in [1.82, 2.24) is 5.32 Å². The van der Waals surface area contributed by atoms with Crippen molar-refractivity contribution in [3.63, 3.8) is 0 Å². The lowest BCUT2D eigenvalue weighted by molar-refractivity contribution is -0.152. The molecule has 0 spiro atoms. The molecule has 0 saturated heterocycles. The summed E-state index contributed by atoms with van der Waals surface area (Å²) in [7, 11) is 0. The quantitative estimate of drug-likeness (QED) is 0.678. The highest BCUT2D eigenvalue weighted by Crippen LogP contribution is 2.13.